The molecule has 1 atom stereocenters. The average Bonchev–Trinajstić information content (AvgIpc) is 2.42. The first kappa shape index (κ1) is 15.2. The van der Waals surface area contributed by atoms with Crippen LogP contribution in [0.3, 0.4) is 0 Å². The van der Waals surface area contributed by atoms with Gasteiger partial charge in [-0.1, -0.05) is 37.3 Å². The van der Waals surface area contributed by atoms with Crippen molar-refractivity contribution in [2.75, 3.05) is 40.4 Å². The van der Waals surface area contributed by atoms with E-state index in [-0.39, 0.29) is 0 Å². The number of nitrogens with one attached hydrogen (secondary N) is 1. The van der Waals surface area contributed by atoms with Crippen LogP contribution in [0.2, 0.25) is 0 Å². The molecule has 0 aromatic heterocycles. The summed E-state index contributed by atoms with van der Waals surface area (Å²) in [5.41, 5.74) is 1.37. The van der Waals surface area contributed by atoms with Gasteiger partial charge in [0.1, 0.15) is 0 Å². The number of likely N-dealkylation sites (N-methyl/N-ethyl adjacent to an activating group) is 1. The molecule has 1 unspecified atom stereocenters. The minimum Gasteiger partial charge on any atom is -0.383 e. The summed E-state index contributed by atoms with van der Waals surface area (Å²) in [5, 5.41) is 3.61. The molecule has 0 radical (unpaired) electrons. The third-order valence-electron chi connectivity index (χ3n) is 3.17. The lowest BCUT2D eigenvalue weighted by atomic mass is 10.0. The highest BCUT2D eigenvalue weighted by Gasteiger charge is 2.07. The molecule has 1 aromatic rings. The molecule has 1 N–H and O–H groups in total. The SMILES string of the molecule is CCC(NCCN(C)CCOC)c1ccccc1. The van der Waals surface area contributed by atoms with Crippen molar-refractivity contribution in [3.63, 3.8) is 0 Å². The van der Waals surface area contributed by atoms with Crippen LogP contribution in [-0.2, 0) is 4.74 Å². The van der Waals surface area contributed by atoms with Gasteiger partial charge in [0.05, 0.1) is 6.61 Å². The van der Waals surface area contributed by atoms with E-state index in [1.54, 1.807) is 7.11 Å². The number of nitrogens with zero attached hydrogens (tertiary/aromatic N) is 1. The maximum absolute atomic E-state index is 5.07. The van der Waals surface area contributed by atoms with Crippen molar-refractivity contribution < 1.29 is 4.74 Å². The van der Waals surface area contributed by atoms with Gasteiger partial charge in [-0.25, -0.2) is 0 Å². The van der Waals surface area contributed by atoms with Gasteiger partial charge in [-0.15, -0.1) is 0 Å². The minimum absolute atomic E-state index is 0.460. The molecule has 0 aliphatic rings. The number of rotatable bonds is 9. The lowest BCUT2D eigenvalue weighted by molar-refractivity contribution is 0.161. The van der Waals surface area contributed by atoms with Crippen molar-refractivity contribution in [1.82, 2.24) is 10.2 Å². The average molecular weight is 250 g/mol. The molecule has 1 rings (SSSR count). The van der Waals surface area contributed by atoms with E-state index in [4.69, 9.17) is 4.74 Å². The maximum atomic E-state index is 5.07. The van der Waals surface area contributed by atoms with Crippen molar-refractivity contribution in [2.45, 2.75) is 19.4 Å². The number of methoxy groups -OCH3 is 1. The summed E-state index contributed by atoms with van der Waals surface area (Å²) in [7, 11) is 3.87. The highest BCUT2D eigenvalue weighted by Crippen LogP contribution is 2.15. The molecular weight excluding hydrogens is 224 g/mol. The molecule has 0 aliphatic heterocycles. The third-order valence-corrected chi connectivity index (χ3v) is 3.17. The summed E-state index contributed by atoms with van der Waals surface area (Å²) < 4.78 is 5.07. The Morgan fingerprint density at radius 1 is 1.22 bits per heavy atom. The Morgan fingerprint density at radius 2 is 1.94 bits per heavy atom. The third kappa shape index (κ3) is 5.63. The molecule has 0 bridgehead atoms. The normalized spacial score (nSPS) is 12.9. The van der Waals surface area contributed by atoms with E-state index in [9.17, 15) is 0 Å². The van der Waals surface area contributed by atoms with E-state index < -0.39 is 0 Å². The van der Waals surface area contributed by atoms with E-state index in [1.807, 2.05) is 0 Å². The van der Waals surface area contributed by atoms with E-state index in [0.717, 1.165) is 32.7 Å². The Hall–Kier alpha value is -0.900. The largest absolute Gasteiger partial charge is 0.383 e. The Morgan fingerprint density at radius 3 is 2.56 bits per heavy atom. The number of hydrogen-bond donors (Lipinski definition) is 1. The number of ether oxygens (including phenoxy) is 1. The fourth-order valence-corrected chi connectivity index (χ4v) is 1.97. The molecule has 0 fully saturated rings. The van der Waals surface area contributed by atoms with E-state index in [2.05, 4.69) is 54.5 Å². The molecular formula is C15H26N2O. The maximum Gasteiger partial charge on any atom is 0.0589 e. The summed E-state index contributed by atoms with van der Waals surface area (Å²) >= 11 is 0. The lowest BCUT2D eigenvalue weighted by Gasteiger charge is -2.21. The highest BCUT2D eigenvalue weighted by atomic mass is 16.5. The van der Waals surface area contributed by atoms with Crippen LogP contribution in [0.4, 0.5) is 0 Å². The van der Waals surface area contributed by atoms with Crippen LogP contribution in [0.1, 0.15) is 24.9 Å². The van der Waals surface area contributed by atoms with Crippen LogP contribution >= 0.6 is 0 Å². The first-order valence-corrected chi connectivity index (χ1v) is 6.73. The highest BCUT2D eigenvalue weighted by molar-refractivity contribution is 5.18. The van der Waals surface area contributed by atoms with E-state index >= 15 is 0 Å². The van der Waals surface area contributed by atoms with Gasteiger partial charge in [0.2, 0.25) is 0 Å². The summed E-state index contributed by atoms with van der Waals surface area (Å²) in [4.78, 5) is 2.29. The quantitative estimate of drug-likeness (QED) is 0.728. The molecule has 0 saturated heterocycles. The van der Waals surface area contributed by atoms with Crippen LogP contribution in [-0.4, -0.2) is 45.3 Å². The second kappa shape index (κ2) is 9.09. The molecule has 0 spiro atoms. The Balaban J connectivity index is 2.28. The van der Waals surface area contributed by atoms with Crippen LogP contribution in [0.15, 0.2) is 30.3 Å². The molecule has 3 nitrogen and oxygen atoms in total. The van der Waals surface area contributed by atoms with E-state index in [1.165, 1.54) is 5.56 Å². The Bertz CT molecular complexity index is 303. The van der Waals surface area contributed by atoms with Crippen molar-refractivity contribution in [2.24, 2.45) is 0 Å². The topological polar surface area (TPSA) is 24.5 Å². The van der Waals surface area contributed by atoms with Crippen LogP contribution in [0.25, 0.3) is 0 Å². The second-order valence-corrected chi connectivity index (χ2v) is 4.62. The Labute approximate surface area is 111 Å². The standard InChI is InChI=1S/C15H26N2O/c1-4-15(14-8-6-5-7-9-14)16-10-11-17(2)12-13-18-3/h5-9,15-16H,4,10-13H2,1-3H3. The van der Waals surface area contributed by atoms with Crippen LogP contribution in [0, 0.1) is 0 Å². The molecule has 0 heterocycles. The zero-order valence-corrected chi connectivity index (χ0v) is 11.9. The second-order valence-electron chi connectivity index (χ2n) is 4.62. The monoisotopic (exact) mass is 250 g/mol. The minimum atomic E-state index is 0.460. The molecule has 0 amide bonds. The number of benzene rings is 1. The van der Waals surface area contributed by atoms with Crippen LogP contribution in [0.5, 0.6) is 0 Å². The summed E-state index contributed by atoms with van der Waals surface area (Å²) in [6.45, 7) is 6.06. The van der Waals surface area contributed by atoms with Crippen molar-refractivity contribution >= 4 is 0 Å². The Kier molecular flexibility index (Phi) is 7.65. The fourth-order valence-electron chi connectivity index (χ4n) is 1.97. The van der Waals surface area contributed by atoms with Crippen LogP contribution < -0.4 is 5.32 Å². The van der Waals surface area contributed by atoms with Gasteiger partial charge in [0.25, 0.3) is 0 Å². The van der Waals surface area contributed by atoms with Gasteiger partial charge >= 0.3 is 0 Å². The van der Waals surface area contributed by atoms with E-state index in [0.29, 0.717) is 6.04 Å². The molecule has 102 valence electrons. The van der Waals surface area contributed by atoms with Gasteiger partial charge in [-0.2, -0.15) is 0 Å². The van der Waals surface area contributed by atoms with Gasteiger partial charge in [0, 0.05) is 32.8 Å². The fraction of sp³-hybridized carbons (Fsp3) is 0.600. The summed E-state index contributed by atoms with van der Waals surface area (Å²) in [6.07, 6.45) is 1.12. The smallest absolute Gasteiger partial charge is 0.0589 e. The number of hydrogen-bond acceptors (Lipinski definition) is 3. The predicted octanol–water partition coefficient (Wildman–Crippen LogP) is 2.31. The van der Waals surface area contributed by atoms with Crippen molar-refractivity contribution in [3.05, 3.63) is 35.9 Å². The van der Waals surface area contributed by atoms with Gasteiger partial charge in [0.15, 0.2) is 0 Å². The predicted molar refractivity (Wildman–Crippen MR) is 76.8 cm³/mol. The zero-order valence-electron chi connectivity index (χ0n) is 11.9. The lowest BCUT2D eigenvalue weighted by Crippen LogP contribution is -2.33. The van der Waals surface area contributed by atoms with Gasteiger partial charge in [-0.05, 0) is 19.0 Å². The first-order valence-electron chi connectivity index (χ1n) is 6.73. The summed E-state index contributed by atoms with van der Waals surface area (Å²) in [5.74, 6) is 0. The molecule has 0 saturated carbocycles. The van der Waals surface area contributed by atoms with Gasteiger partial charge in [-0.3, -0.25) is 0 Å². The van der Waals surface area contributed by atoms with Gasteiger partial charge < -0.3 is 15.0 Å². The molecule has 3 heteroatoms. The van der Waals surface area contributed by atoms with Crippen molar-refractivity contribution in [1.29, 1.82) is 0 Å². The zero-order chi connectivity index (χ0) is 13.2. The molecule has 0 aliphatic carbocycles. The molecule has 1 aromatic carbocycles. The van der Waals surface area contributed by atoms with Crippen molar-refractivity contribution in [3.8, 4) is 0 Å². The molecule has 18 heavy (non-hydrogen) atoms. The first-order chi connectivity index (χ1) is 8.77. The summed E-state index contributed by atoms with van der Waals surface area (Å²) in [6, 6.07) is 11.1.